The van der Waals surface area contributed by atoms with Gasteiger partial charge in [-0.15, -0.1) is 0 Å². The molecule has 3 rings (SSSR count). The largest absolute Gasteiger partial charge is 0.497 e. The van der Waals surface area contributed by atoms with Gasteiger partial charge in [0.05, 0.1) is 7.11 Å². The highest BCUT2D eigenvalue weighted by molar-refractivity contribution is 5.98. The summed E-state index contributed by atoms with van der Waals surface area (Å²) in [6.45, 7) is 3.78. The summed E-state index contributed by atoms with van der Waals surface area (Å²) in [6.07, 6.45) is 0.0559. The zero-order chi connectivity index (χ0) is 21.1. The molecule has 0 aliphatic carbocycles. The standard InChI is InChI=1S/C22H22N2O5/c1-12-6-13(2)8-15(7-12)22(27)24-18(21(23)26)9-14-10-20(25)29-19-11-16(28-3)4-5-17(14)19/h4-8,10-11,18H,9H2,1-3H3,(H2,23,26)(H,24,27)/t18-/m1/s1. The van der Waals surface area contributed by atoms with Gasteiger partial charge in [0.15, 0.2) is 0 Å². The number of carbonyl (C=O) groups is 2. The first-order valence-corrected chi connectivity index (χ1v) is 9.06. The van der Waals surface area contributed by atoms with E-state index in [1.807, 2.05) is 19.9 Å². The SMILES string of the molecule is COc1ccc2c(C[C@@H](NC(=O)c3cc(C)cc(C)c3)C(N)=O)cc(=O)oc2c1. The number of hydrogen-bond donors (Lipinski definition) is 2. The minimum atomic E-state index is -0.990. The second-order valence-corrected chi connectivity index (χ2v) is 6.96. The van der Waals surface area contributed by atoms with Crippen LogP contribution in [0.15, 0.2) is 51.7 Å². The van der Waals surface area contributed by atoms with E-state index in [0.717, 1.165) is 11.1 Å². The van der Waals surface area contributed by atoms with E-state index in [1.165, 1.54) is 13.2 Å². The number of nitrogens with one attached hydrogen (secondary N) is 1. The van der Waals surface area contributed by atoms with Gasteiger partial charge in [-0.2, -0.15) is 0 Å². The topological polar surface area (TPSA) is 112 Å². The number of aryl methyl sites for hydroxylation is 2. The number of carbonyl (C=O) groups excluding carboxylic acids is 2. The van der Waals surface area contributed by atoms with Crippen LogP contribution in [-0.4, -0.2) is 25.0 Å². The van der Waals surface area contributed by atoms with E-state index in [2.05, 4.69) is 5.32 Å². The first-order valence-electron chi connectivity index (χ1n) is 9.06. The first kappa shape index (κ1) is 20.1. The summed E-state index contributed by atoms with van der Waals surface area (Å²) in [5, 5.41) is 3.31. The molecule has 0 bridgehead atoms. The van der Waals surface area contributed by atoms with Gasteiger partial charge in [0.1, 0.15) is 17.4 Å². The van der Waals surface area contributed by atoms with Gasteiger partial charge < -0.3 is 20.2 Å². The lowest BCUT2D eigenvalue weighted by atomic mass is 10.0. The molecule has 1 aromatic heterocycles. The van der Waals surface area contributed by atoms with E-state index < -0.39 is 23.5 Å². The second kappa shape index (κ2) is 8.18. The third kappa shape index (κ3) is 4.63. The molecule has 29 heavy (non-hydrogen) atoms. The highest BCUT2D eigenvalue weighted by atomic mass is 16.5. The molecule has 0 unspecified atom stereocenters. The first-order chi connectivity index (χ1) is 13.8. The van der Waals surface area contributed by atoms with Crippen LogP contribution in [0.1, 0.15) is 27.0 Å². The van der Waals surface area contributed by atoms with E-state index in [0.29, 0.717) is 27.8 Å². The Morgan fingerprint density at radius 3 is 2.41 bits per heavy atom. The van der Waals surface area contributed by atoms with E-state index in [1.54, 1.807) is 30.3 Å². The van der Waals surface area contributed by atoms with Crippen LogP contribution in [0, 0.1) is 13.8 Å². The Morgan fingerprint density at radius 2 is 1.79 bits per heavy atom. The van der Waals surface area contributed by atoms with Crippen molar-refractivity contribution in [3.63, 3.8) is 0 Å². The van der Waals surface area contributed by atoms with Crippen molar-refractivity contribution in [2.24, 2.45) is 5.73 Å². The van der Waals surface area contributed by atoms with Crippen molar-refractivity contribution in [2.75, 3.05) is 7.11 Å². The molecule has 0 saturated carbocycles. The number of fused-ring (bicyclic) bond motifs is 1. The fourth-order valence-electron chi connectivity index (χ4n) is 3.30. The Balaban J connectivity index is 1.92. The number of ether oxygens (including phenoxy) is 1. The summed E-state index contributed by atoms with van der Waals surface area (Å²) in [7, 11) is 1.51. The van der Waals surface area contributed by atoms with Gasteiger partial charge in [0.2, 0.25) is 5.91 Å². The Bertz CT molecular complexity index is 1130. The molecule has 0 radical (unpaired) electrons. The molecule has 0 fully saturated rings. The number of amides is 2. The highest BCUT2D eigenvalue weighted by Crippen LogP contribution is 2.23. The summed E-state index contributed by atoms with van der Waals surface area (Å²) in [6, 6.07) is 10.8. The van der Waals surface area contributed by atoms with E-state index in [-0.39, 0.29) is 6.42 Å². The number of primary amides is 1. The number of benzene rings is 2. The van der Waals surface area contributed by atoms with Crippen LogP contribution in [0.4, 0.5) is 0 Å². The van der Waals surface area contributed by atoms with Crippen molar-refractivity contribution < 1.29 is 18.7 Å². The Hall–Kier alpha value is -3.61. The molecule has 2 aromatic carbocycles. The fourth-order valence-corrected chi connectivity index (χ4v) is 3.30. The van der Waals surface area contributed by atoms with Crippen molar-refractivity contribution in [1.29, 1.82) is 0 Å². The minimum absolute atomic E-state index is 0.0559. The molecule has 2 amide bonds. The molecular formula is C22H22N2O5. The molecule has 0 saturated heterocycles. The van der Waals surface area contributed by atoms with Crippen LogP contribution in [0.25, 0.3) is 11.0 Å². The maximum Gasteiger partial charge on any atom is 0.336 e. The maximum atomic E-state index is 12.7. The van der Waals surface area contributed by atoms with Crippen molar-refractivity contribution in [3.05, 3.63) is 75.1 Å². The predicted molar refractivity (Wildman–Crippen MR) is 109 cm³/mol. The normalized spacial score (nSPS) is 11.8. The zero-order valence-electron chi connectivity index (χ0n) is 16.4. The molecular weight excluding hydrogens is 372 g/mol. The summed E-state index contributed by atoms with van der Waals surface area (Å²) in [5.74, 6) is -0.570. The van der Waals surface area contributed by atoms with Crippen molar-refractivity contribution >= 4 is 22.8 Å². The Kier molecular flexibility index (Phi) is 5.68. The Labute approximate surface area is 167 Å². The number of rotatable bonds is 6. The molecule has 3 N–H and O–H groups in total. The molecule has 3 aromatic rings. The van der Waals surface area contributed by atoms with Gasteiger partial charge in [-0.25, -0.2) is 4.79 Å². The second-order valence-electron chi connectivity index (χ2n) is 6.96. The molecule has 0 aliphatic rings. The highest BCUT2D eigenvalue weighted by Gasteiger charge is 2.21. The molecule has 7 nitrogen and oxygen atoms in total. The lowest BCUT2D eigenvalue weighted by Gasteiger charge is -2.17. The van der Waals surface area contributed by atoms with Gasteiger partial charge in [-0.3, -0.25) is 9.59 Å². The van der Waals surface area contributed by atoms with E-state index in [4.69, 9.17) is 14.9 Å². The van der Waals surface area contributed by atoms with Gasteiger partial charge in [0, 0.05) is 29.5 Å². The molecule has 1 atom stereocenters. The van der Waals surface area contributed by atoms with Crippen molar-refractivity contribution in [1.82, 2.24) is 5.32 Å². The third-order valence-corrected chi connectivity index (χ3v) is 4.59. The lowest BCUT2D eigenvalue weighted by molar-refractivity contribution is -0.119. The average molecular weight is 394 g/mol. The molecule has 0 spiro atoms. The minimum Gasteiger partial charge on any atom is -0.497 e. The van der Waals surface area contributed by atoms with Gasteiger partial charge >= 0.3 is 5.63 Å². The lowest BCUT2D eigenvalue weighted by Crippen LogP contribution is -2.46. The molecule has 0 aliphatic heterocycles. The summed E-state index contributed by atoms with van der Waals surface area (Å²) in [4.78, 5) is 36.6. The smallest absolute Gasteiger partial charge is 0.336 e. The van der Waals surface area contributed by atoms with Crippen LogP contribution in [0.3, 0.4) is 0 Å². The van der Waals surface area contributed by atoms with E-state index >= 15 is 0 Å². The summed E-state index contributed by atoms with van der Waals surface area (Å²) >= 11 is 0. The molecule has 7 heteroatoms. The monoisotopic (exact) mass is 394 g/mol. The number of hydrogen-bond acceptors (Lipinski definition) is 5. The van der Waals surface area contributed by atoms with Gasteiger partial charge in [-0.05, 0) is 43.7 Å². The number of methoxy groups -OCH3 is 1. The maximum absolute atomic E-state index is 12.7. The van der Waals surface area contributed by atoms with Gasteiger partial charge in [-0.1, -0.05) is 17.2 Å². The zero-order valence-corrected chi connectivity index (χ0v) is 16.4. The Morgan fingerprint density at radius 1 is 1.10 bits per heavy atom. The van der Waals surface area contributed by atoms with Gasteiger partial charge in [0.25, 0.3) is 5.91 Å². The van der Waals surface area contributed by atoms with Crippen molar-refractivity contribution in [3.8, 4) is 5.75 Å². The quantitative estimate of drug-likeness (QED) is 0.623. The predicted octanol–water partition coefficient (Wildman–Crippen LogP) is 2.24. The average Bonchev–Trinajstić information content (AvgIpc) is 2.65. The van der Waals surface area contributed by atoms with E-state index in [9.17, 15) is 14.4 Å². The van der Waals surface area contributed by atoms with Crippen LogP contribution >= 0.6 is 0 Å². The number of nitrogens with two attached hydrogens (primary N) is 1. The molecule has 1 heterocycles. The van der Waals surface area contributed by atoms with Crippen molar-refractivity contribution in [2.45, 2.75) is 26.3 Å². The third-order valence-electron chi connectivity index (χ3n) is 4.59. The van der Waals surface area contributed by atoms with Crippen LogP contribution in [0.2, 0.25) is 0 Å². The summed E-state index contributed by atoms with van der Waals surface area (Å²) in [5.41, 5.74) is 8.15. The fraction of sp³-hybridized carbons (Fsp3) is 0.227. The van der Waals surface area contributed by atoms with Crippen LogP contribution < -0.4 is 21.4 Å². The van der Waals surface area contributed by atoms with Crippen LogP contribution in [-0.2, 0) is 11.2 Å². The van der Waals surface area contributed by atoms with Crippen LogP contribution in [0.5, 0.6) is 5.75 Å². The summed E-state index contributed by atoms with van der Waals surface area (Å²) < 4.78 is 10.4. The molecule has 150 valence electrons.